The summed E-state index contributed by atoms with van der Waals surface area (Å²) in [6, 6.07) is 0. The molecule has 0 amide bonds. The van der Waals surface area contributed by atoms with Crippen LogP contribution in [0.5, 0.6) is 0 Å². The van der Waals surface area contributed by atoms with E-state index in [1.807, 2.05) is 0 Å². The summed E-state index contributed by atoms with van der Waals surface area (Å²) in [5.74, 6) is 0. The van der Waals surface area contributed by atoms with Crippen LogP contribution < -0.4 is 11.1 Å². The first-order valence-electron chi connectivity index (χ1n) is 5.53. The summed E-state index contributed by atoms with van der Waals surface area (Å²) in [5.41, 5.74) is 5.64. The number of nitrogens with zero attached hydrogens (tertiary/aromatic N) is 1. The third-order valence-electron chi connectivity index (χ3n) is 3.60. The fourth-order valence-electron chi connectivity index (χ4n) is 2.30. The first-order valence-corrected chi connectivity index (χ1v) is 6.97. The summed E-state index contributed by atoms with van der Waals surface area (Å²) in [6.07, 6.45) is 2.45. The van der Waals surface area contributed by atoms with Crippen molar-refractivity contribution in [3.63, 3.8) is 0 Å². The maximum Gasteiger partial charge on any atom is 0.221 e. The Morgan fingerprint density at radius 3 is 2.27 bits per heavy atom. The average molecular weight is 233 g/mol. The third kappa shape index (κ3) is 1.69. The fourth-order valence-corrected chi connectivity index (χ4v) is 4.52. The second-order valence-electron chi connectivity index (χ2n) is 4.39. The highest BCUT2D eigenvalue weighted by Crippen LogP contribution is 2.40. The van der Waals surface area contributed by atoms with Crippen LogP contribution in [0.1, 0.15) is 19.3 Å². The monoisotopic (exact) mass is 233 g/mol. The minimum absolute atomic E-state index is 0.263. The van der Waals surface area contributed by atoms with Crippen molar-refractivity contribution >= 4 is 10.0 Å². The molecule has 0 aromatic carbocycles. The maximum atomic E-state index is 12.3. The van der Waals surface area contributed by atoms with E-state index in [1.165, 1.54) is 0 Å². The van der Waals surface area contributed by atoms with Crippen molar-refractivity contribution in [3.05, 3.63) is 0 Å². The first-order chi connectivity index (χ1) is 7.12. The molecule has 6 heteroatoms. The van der Waals surface area contributed by atoms with Gasteiger partial charge in [0, 0.05) is 32.7 Å². The quantitative estimate of drug-likeness (QED) is 0.662. The van der Waals surface area contributed by atoms with Crippen molar-refractivity contribution in [2.24, 2.45) is 5.73 Å². The molecule has 1 aliphatic heterocycles. The van der Waals surface area contributed by atoms with Gasteiger partial charge in [-0.05, 0) is 12.8 Å². The van der Waals surface area contributed by atoms with Crippen LogP contribution in [0.3, 0.4) is 0 Å². The van der Waals surface area contributed by atoms with Crippen molar-refractivity contribution in [1.82, 2.24) is 9.62 Å². The van der Waals surface area contributed by atoms with Gasteiger partial charge in [0.25, 0.3) is 0 Å². The number of piperazine rings is 1. The lowest BCUT2D eigenvalue weighted by Gasteiger charge is -2.44. The first kappa shape index (κ1) is 11.3. The summed E-state index contributed by atoms with van der Waals surface area (Å²) >= 11 is 0. The summed E-state index contributed by atoms with van der Waals surface area (Å²) in [5, 5.41) is 3.15. The Morgan fingerprint density at radius 1 is 1.27 bits per heavy atom. The Kier molecular flexibility index (Phi) is 3.03. The topological polar surface area (TPSA) is 75.4 Å². The van der Waals surface area contributed by atoms with Gasteiger partial charge < -0.3 is 11.1 Å². The van der Waals surface area contributed by atoms with Gasteiger partial charge in [-0.15, -0.1) is 0 Å². The molecule has 0 aromatic heterocycles. The number of sulfonamides is 1. The maximum absolute atomic E-state index is 12.3. The van der Waals surface area contributed by atoms with E-state index in [4.69, 9.17) is 5.73 Å². The van der Waals surface area contributed by atoms with Crippen LogP contribution in [-0.4, -0.2) is 50.2 Å². The van der Waals surface area contributed by atoms with Crippen molar-refractivity contribution in [2.45, 2.75) is 24.0 Å². The average Bonchev–Trinajstić information content (AvgIpc) is 2.18. The van der Waals surface area contributed by atoms with Gasteiger partial charge >= 0.3 is 0 Å². The van der Waals surface area contributed by atoms with Crippen LogP contribution in [0.25, 0.3) is 0 Å². The molecule has 2 fully saturated rings. The number of nitrogens with two attached hydrogens (primary N) is 1. The molecule has 1 aliphatic carbocycles. The van der Waals surface area contributed by atoms with E-state index in [0.717, 1.165) is 32.4 Å². The third-order valence-corrected chi connectivity index (χ3v) is 6.31. The predicted molar refractivity (Wildman–Crippen MR) is 59.0 cm³/mol. The normalized spacial score (nSPS) is 27.3. The summed E-state index contributed by atoms with van der Waals surface area (Å²) in [6.45, 7) is 2.94. The molecule has 5 nitrogen and oxygen atoms in total. The number of rotatable bonds is 3. The van der Waals surface area contributed by atoms with Gasteiger partial charge in [0.1, 0.15) is 0 Å². The molecular formula is C9H19N3O2S. The van der Waals surface area contributed by atoms with E-state index < -0.39 is 14.8 Å². The molecule has 2 aliphatic rings. The van der Waals surface area contributed by atoms with Gasteiger partial charge in [0.05, 0.1) is 4.75 Å². The van der Waals surface area contributed by atoms with Crippen LogP contribution in [0.4, 0.5) is 0 Å². The largest absolute Gasteiger partial charge is 0.329 e. The summed E-state index contributed by atoms with van der Waals surface area (Å²) < 4.78 is 25.7. The minimum Gasteiger partial charge on any atom is -0.329 e. The molecule has 0 atom stereocenters. The second kappa shape index (κ2) is 4.01. The lowest BCUT2D eigenvalue weighted by Crippen LogP contribution is -2.59. The SMILES string of the molecule is NCC1(S(=O)(=O)N2CCNCC2)CCC1. The van der Waals surface area contributed by atoms with Crippen molar-refractivity contribution < 1.29 is 8.42 Å². The molecule has 88 valence electrons. The fraction of sp³-hybridized carbons (Fsp3) is 1.00. The molecule has 1 saturated carbocycles. The molecule has 0 radical (unpaired) electrons. The van der Waals surface area contributed by atoms with Gasteiger partial charge in [-0.3, -0.25) is 0 Å². The summed E-state index contributed by atoms with van der Waals surface area (Å²) in [7, 11) is -3.17. The minimum atomic E-state index is -3.17. The molecule has 1 saturated heterocycles. The van der Waals surface area contributed by atoms with Crippen LogP contribution >= 0.6 is 0 Å². The van der Waals surface area contributed by atoms with Crippen molar-refractivity contribution in [3.8, 4) is 0 Å². The van der Waals surface area contributed by atoms with Gasteiger partial charge in [0.15, 0.2) is 0 Å². The Labute approximate surface area is 91.1 Å². The molecule has 0 spiro atoms. The molecule has 2 rings (SSSR count). The zero-order chi connectivity index (χ0) is 10.9. The summed E-state index contributed by atoms with van der Waals surface area (Å²) in [4.78, 5) is 0. The number of hydrogen-bond donors (Lipinski definition) is 2. The number of hydrogen-bond acceptors (Lipinski definition) is 4. The lowest BCUT2D eigenvalue weighted by atomic mass is 9.84. The van der Waals surface area contributed by atoms with E-state index in [-0.39, 0.29) is 6.54 Å². The molecule has 0 bridgehead atoms. The highest BCUT2D eigenvalue weighted by atomic mass is 32.2. The highest BCUT2D eigenvalue weighted by molar-refractivity contribution is 7.90. The van der Waals surface area contributed by atoms with E-state index in [1.54, 1.807) is 4.31 Å². The van der Waals surface area contributed by atoms with E-state index in [2.05, 4.69) is 5.32 Å². The number of nitrogens with one attached hydrogen (secondary N) is 1. The Morgan fingerprint density at radius 2 is 1.87 bits per heavy atom. The molecule has 1 heterocycles. The molecular weight excluding hydrogens is 214 g/mol. The smallest absolute Gasteiger partial charge is 0.221 e. The van der Waals surface area contributed by atoms with Crippen molar-refractivity contribution in [2.75, 3.05) is 32.7 Å². The van der Waals surface area contributed by atoms with E-state index in [0.29, 0.717) is 13.1 Å². The predicted octanol–water partition coefficient (Wildman–Crippen LogP) is -0.897. The molecule has 15 heavy (non-hydrogen) atoms. The standard InChI is InChI=1S/C9H19N3O2S/c10-8-9(2-1-3-9)15(13,14)12-6-4-11-5-7-12/h11H,1-8,10H2. The highest BCUT2D eigenvalue weighted by Gasteiger charge is 2.50. The van der Waals surface area contributed by atoms with E-state index >= 15 is 0 Å². The lowest BCUT2D eigenvalue weighted by molar-refractivity contribution is 0.293. The zero-order valence-electron chi connectivity index (χ0n) is 8.91. The molecule has 3 N–H and O–H groups in total. The Bertz CT molecular complexity index is 313. The van der Waals surface area contributed by atoms with Crippen LogP contribution in [0.15, 0.2) is 0 Å². The van der Waals surface area contributed by atoms with E-state index in [9.17, 15) is 8.42 Å². The van der Waals surface area contributed by atoms with Crippen molar-refractivity contribution in [1.29, 1.82) is 0 Å². The van der Waals surface area contributed by atoms with Gasteiger partial charge in [-0.25, -0.2) is 8.42 Å². The van der Waals surface area contributed by atoms with Gasteiger partial charge in [-0.2, -0.15) is 4.31 Å². The molecule has 0 unspecified atom stereocenters. The van der Waals surface area contributed by atoms with Crippen LogP contribution in [0, 0.1) is 0 Å². The Hall–Kier alpha value is -0.170. The van der Waals surface area contributed by atoms with Gasteiger partial charge in [-0.1, -0.05) is 6.42 Å². The van der Waals surface area contributed by atoms with Crippen LogP contribution in [0.2, 0.25) is 0 Å². The molecule has 0 aromatic rings. The van der Waals surface area contributed by atoms with Gasteiger partial charge in [0.2, 0.25) is 10.0 Å². The Balaban J connectivity index is 2.17. The zero-order valence-corrected chi connectivity index (χ0v) is 9.72. The second-order valence-corrected chi connectivity index (χ2v) is 6.73. The van der Waals surface area contributed by atoms with Crippen LogP contribution in [-0.2, 0) is 10.0 Å².